The van der Waals surface area contributed by atoms with Crippen LogP contribution in [0.4, 0.5) is 5.82 Å². The van der Waals surface area contributed by atoms with E-state index in [0.29, 0.717) is 6.54 Å². The van der Waals surface area contributed by atoms with Crippen LogP contribution in [0, 0.1) is 0 Å². The van der Waals surface area contributed by atoms with Gasteiger partial charge in [-0.2, -0.15) is 0 Å². The van der Waals surface area contributed by atoms with E-state index in [-0.39, 0.29) is 0 Å². The number of morpholine rings is 1. The molecule has 1 atom stereocenters. The van der Waals surface area contributed by atoms with Crippen molar-refractivity contribution in [2.75, 3.05) is 38.2 Å². The van der Waals surface area contributed by atoms with Gasteiger partial charge in [-0.3, -0.25) is 4.90 Å². The highest BCUT2D eigenvalue weighted by atomic mass is 32.1. The van der Waals surface area contributed by atoms with Crippen LogP contribution >= 0.6 is 22.7 Å². The summed E-state index contributed by atoms with van der Waals surface area (Å²) in [6.45, 7) is 6.28. The number of thiophene rings is 2. The minimum atomic E-state index is -0.438. The van der Waals surface area contributed by atoms with Crippen molar-refractivity contribution < 1.29 is 9.84 Å². The lowest BCUT2D eigenvalue weighted by molar-refractivity contribution is 0.0331. The number of aromatic nitrogens is 2. The maximum Gasteiger partial charge on any atom is 0.146 e. The van der Waals surface area contributed by atoms with Gasteiger partial charge in [0.1, 0.15) is 16.5 Å². The van der Waals surface area contributed by atoms with Crippen LogP contribution < -0.4 is 5.32 Å². The van der Waals surface area contributed by atoms with Gasteiger partial charge in [-0.05, 0) is 18.4 Å². The van der Waals surface area contributed by atoms with Gasteiger partial charge in [0.05, 0.1) is 31.2 Å². The van der Waals surface area contributed by atoms with Gasteiger partial charge in [0.2, 0.25) is 0 Å². The summed E-state index contributed by atoms with van der Waals surface area (Å²) in [5.74, 6) is 1.62. The average Bonchev–Trinajstić information content (AvgIpc) is 3.29. The Morgan fingerprint density at radius 2 is 2.15 bits per heavy atom. The van der Waals surface area contributed by atoms with E-state index in [4.69, 9.17) is 14.7 Å². The first kappa shape index (κ1) is 17.8. The molecule has 3 aromatic rings. The number of aliphatic hydroxyl groups excluding tert-OH is 1. The Kier molecular flexibility index (Phi) is 5.46. The lowest BCUT2D eigenvalue weighted by Gasteiger charge is -2.25. The van der Waals surface area contributed by atoms with Crippen LogP contribution in [0.25, 0.3) is 20.7 Å². The molecule has 0 spiro atoms. The molecule has 1 aliphatic heterocycles. The second kappa shape index (κ2) is 7.98. The first-order valence-electron chi connectivity index (χ1n) is 8.75. The molecule has 1 aliphatic rings. The molecular formula is C18H22N4O2S2. The van der Waals surface area contributed by atoms with Crippen LogP contribution in [0.1, 0.15) is 12.7 Å². The number of anilines is 1. The molecule has 6 nitrogen and oxygen atoms in total. The van der Waals surface area contributed by atoms with Gasteiger partial charge < -0.3 is 15.2 Å². The van der Waals surface area contributed by atoms with Gasteiger partial charge in [-0.1, -0.05) is 6.07 Å². The molecule has 2 N–H and O–H groups in total. The summed E-state index contributed by atoms with van der Waals surface area (Å²) >= 11 is 3.36. The first-order chi connectivity index (χ1) is 12.7. The highest BCUT2D eigenvalue weighted by Gasteiger charge is 2.18. The fraction of sp³-hybridized carbons (Fsp3) is 0.444. The third-order valence-electron chi connectivity index (χ3n) is 4.30. The van der Waals surface area contributed by atoms with E-state index in [1.165, 1.54) is 4.88 Å². The quantitative estimate of drug-likeness (QED) is 0.674. The third-order valence-corrected chi connectivity index (χ3v) is 6.08. The summed E-state index contributed by atoms with van der Waals surface area (Å²) < 4.78 is 5.42. The topological polar surface area (TPSA) is 70.5 Å². The van der Waals surface area contributed by atoms with Gasteiger partial charge in [0.25, 0.3) is 0 Å². The Morgan fingerprint density at radius 1 is 1.31 bits per heavy atom. The summed E-state index contributed by atoms with van der Waals surface area (Å²) in [7, 11) is 0. The zero-order valence-electron chi connectivity index (χ0n) is 14.6. The van der Waals surface area contributed by atoms with Crippen LogP contribution in [0.2, 0.25) is 0 Å². The fourth-order valence-corrected chi connectivity index (χ4v) is 4.78. The standard InChI is InChI=1S/C18H22N4O2S2/c1-12(23)9-19-17-16-13(14-3-2-8-25-14)11-26-18(16)21-15(20-17)10-22-4-6-24-7-5-22/h2-3,8,11-12,23H,4-7,9-10H2,1H3,(H,19,20,21)/t12-/m0/s1. The van der Waals surface area contributed by atoms with Crippen LogP contribution in [0.5, 0.6) is 0 Å². The van der Waals surface area contributed by atoms with Crippen molar-refractivity contribution in [3.05, 3.63) is 28.7 Å². The average molecular weight is 391 g/mol. The molecule has 0 bridgehead atoms. The van der Waals surface area contributed by atoms with Crippen LogP contribution in [-0.2, 0) is 11.3 Å². The number of aliphatic hydroxyl groups is 1. The Hall–Kier alpha value is -1.58. The van der Waals surface area contributed by atoms with Crippen molar-refractivity contribution in [1.29, 1.82) is 0 Å². The molecule has 138 valence electrons. The van der Waals surface area contributed by atoms with E-state index < -0.39 is 6.10 Å². The SMILES string of the molecule is C[C@H](O)CNc1nc(CN2CCOCC2)nc2scc(-c3cccs3)c12. The second-order valence-corrected chi connectivity index (χ2v) is 8.22. The zero-order valence-corrected chi connectivity index (χ0v) is 16.3. The van der Waals surface area contributed by atoms with Crippen molar-refractivity contribution in [3.63, 3.8) is 0 Å². The van der Waals surface area contributed by atoms with Crippen molar-refractivity contribution in [3.8, 4) is 10.4 Å². The van der Waals surface area contributed by atoms with Crippen LogP contribution in [0.15, 0.2) is 22.9 Å². The lowest BCUT2D eigenvalue weighted by Crippen LogP contribution is -2.36. The monoisotopic (exact) mass is 390 g/mol. The van der Waals surface area contributed by atoms with Gasteiger partial charge in [0.15, 0.2) is 0 Å². The minimum Gasteiger partial charge on any atom is -0.392 e. The molecule has 1 saturated heterocycles. The maximum atomic E-state index is 9.70. The fourth-order valence-electron chi connectivity index (χ4n) is 3.00. The van der Waals surface area contributed by atoms with Gasteiger partial charge in [0, 0.05) is 35.5 Å². The summed E-state index contributed by atoms with van der Waals surface area (Å²) in [6, 6.07) is 4.17. The molecule has 4 rings (SSSR count). The molecule has 0 aliphatic carbocycles. The smallest absolute Gasteiger partial charge is 0.146 e. The number of fused-ring (bicyclic) bond motifs is 1. The molecule has 0 aromatic carbocycles. The Labute approximate surface area is 160 Å². The molecule has 0 amide bonds. The van der Waals surface area contributed by atoms with E-state index >= 15 is 0 Å². The number of nitrogens with one attached hydrogen (secondary N) is 1. The molecule has 26 heavy (non-hydrogen) atoms. The predicted octanol–water partition coefficient (Wildman–Crippen LogP) is 3.04. The molecule has 3 aromatic heterocycles. The molecule has 8 heteroatoms. The van der Waals surface area contributed by atoms with Crippen molar-refractivity contribution in [2.45, 2.75) is 19.6 Å². The largest absolute Gasteiger partial charge is 0.392 e. The Morgan fingerprint density at radius 3 is 2.88 bits per heavy atom. The molecule has 1 fully saturated rings. The first-order valence-corrected chi connectivity index (χ1v) is 10.5. The molecular weight excluding hydrogens is 368 g/mol. The van der Waals surface area contributed by atoms with Crippen molar-refractivity contribution in [2.24, 2.45) is 0 Å². The number of hydrogen-bond donors (Lipinski definition) is 2. The van der Waals surface area contributed by atoms with E-state index in [0.717, 1.165) is 60.3 Å². The van der Waals surface area contributed by atoms with E-state index in [9.17, 15) is 5.11 Å². The third kappa shape index (κ3) is 3.89. The number of nitrogens with zero attached hydrogens (tertiary/aromatic N) is 3. The minimum absolute atomic E-state index is 0.438. The normalized spacial score (nSPS) is 16.8. The van der Waals surface area contributed by atoms with Crippen LogP contribution in [-0.4, -0.2) is 58.9 Å². The van der Waals surface area contributed by atoms with E-state index in [1.807, 2.05) is 0 Å². The molecule has 0 unspecified atom stereocenters. The summed E-state index contributed by atoms with van der Waals surface area (Å²) in [6.07, 6.45) is -0.438. The summed E-state index contributed by atoms with van der Waals surface area (Å²) in [5.41, 5.74) is 1.16. The van der Waals surface area contributed by atoms with Crippen molar-refractivity contribution in [1.82, 2.24) is 14.9 Å². The summed E-state index contributed by atoms with van der Waals surface area (Å²) in [5, 5.41) is 18.3. The number of hydrogen-bond acceptors (Lipinski definition) is 8. The maximum absolute atomic E-state index is 9.70. The molecule has 0 radical (unpaired) electrons. The molecule has 4 heterocycles. The lowest BCUT2D eigenvalue weighted by atomic mass is 10.2. The summed E-state index contributed by atoms with van der Waals surface area (Å²) in [4.78, 5) is 14.1. The predicted molar refractivity (Wildman–Crippen MR) is 107 cm³/mol. The zero-order chi connectivity index (χ0) is 17.9. The second-order valence-electron chi connectivity index (χ2n) is 6.41. The highest BCUT2D eigenvalue weighted by Crippen LogP contribution is 2.38. The Balaban J connectivity index is 1.71. The number of rotatable bonds is 6. The van der Waals surface area contributed by atoms with Gasteiger partial charge >= 0.3 is 0 Å². The van der Waals surface area contributed by atoms with Gasteiger partial charge in [-0.15, -0.1) is 22.7 Å². The van der Waals surface area contributed by atoms with Gasteiger partial charge in [-0.25, -0.2) is 9.97 Å². The highest BCUT2D eigenvalue weighted by molar-refractivity contribution is 7.18. The van der Waals surface area contributed by atoms with Crippen LogP contribution in [0.3, 0.4) is 0 Å². The number of ether oxygens (including phenoxy) is 1. The van der Waals surface area contributed by atoms with E-state index in [1.54, 1.807) is 29.6 Å². The van der Waals surface area contributed by atoms with E-state index in [2.05, 4.69) is 33.1 Å². The van der Waals surface area contributed by atoms with Crippen molar-refractivity contribution >= 4 is 38.7 Å². The Bertz CT molecular complexity index is 858. The molecule has 0 saturated carbocycles.